The molecule has 4 heteroatoms. The second-order valence-corrected chi connectivity index (χ2v) is 6.60. The molecule has 2 rings (SSSR count). The fourth-order valence-corrected chi connectivity index (χ4v) is 2.88. The summed E-state index contributed by atoms with van der Waals surface area (Å²) in [5.41, 5.74) is 8.50. The Balaban J connectivity index is 2.11. The molecular weight excluding hydrogens is 244 g/mol. The second-order valence-electron chi connectivity index (χ2n) is 5.65. The van der Waals surface area contributed by atoms with Gasteiger partial charge in [-0.05, 0) is 18.6 Å². The molecule has 0 bridgehead atoms. The molecule has 1 atom stereocenters. The molecule has 0 spiro atoms. The molecule has 0 fully saturated rings. The van der Waals surface area contributed by atoms with Crippen LogP contribution in [0.4, 0.5) is 0 Å². The van der Waals surface area contributed by atoms with Gasteiger partial charge in [0, 0.05) is 17.2 Å². The molecule has 0 aliphatic carbocycles. The molecule has 98 valence electrons. The van der Waals surface area contributed by atoms with Gasteiger partial charge in [0.25, 0.3) is 0 Å². The third-order valence-corrected chi connectivity index (χ3v) is 3.82. The van der Waals surface area contributed by atoms with E-state index in [-0.39, 0.29) is 11.5 Å². The Kier molecular flexibility index (Phi) is 3.59. The lowest BCUT2D eigenvalue weighted by Gasteiger charge is -2.14. The van der Waals surface area contributed by atoms with Gasteiger partial charge < -0.3 is 10.2 Å². The van der Waals surface area contributed by atoms with E-state index in [0.29, 0.717) is 0 Å². The van der Waals surface area contributed by atoms with Crippen molar-refractivity contribution in [2.75, 3.05) is 0 Å². The molecule has 18 heavy (non-hydrogen) atoms. The van der Waals surface area contributed by atoms with Crippen LogP contribution in [0.25, 0.3) is 0 Å². The van der Waals surface area contributed by atoms with Crippen molar-refractivity contribution in [1.29, 1.82) is 0 Å². The normalized spacial score (nSPS) is 13.8. The monoisotopic (exact) mass is 264 g/mol. The highest BCUT2D eigenvalue weighted by Crippen LogP contribution is 2.27. The second kappa shape index (κ2) is 4.86. The van der Waals surface area contributed by atoms with Crippen LogP contribution in [-0.2, 0) is 11.8 Å². The van der Waals surface area contributed by atoms with Crippen LogP contribution in [-0.4, -0.2) is 4.98 Å². The summed E-state index contributed by atoms with van der Waals surface area (Å²) in [4.78, 5) is 4.66. The van der Waals surface area contributed by atoms with Gasteiger partial charge in [0.15, 0.2) is 0 Å². The van der Waals surface area contributed by atoms with E-state index in [2.05, 4.69) is 31.1 Å². The van der Waals surface area contributed by atoms with Gasteiger partial charge >= 0.3 is 0 Å². The van der Waals surface area contributed by atoms with Crippen molar-refractivity contribution in [3.63, 3.8) is 0 Å². The Bertz CT molecular complexity index is 522. The minimum Gasteiger partial charge on any atom is -0.467 e. The van der Waals surface area contributed by atoms with Crippen LogP contribution in [0.15, 0.2) is 22.1 Å². The molecule has 0 aliphatic heterocycles. The number of rotatable bonds is 3. The topological polar surface area (TPSA) is 52.0 Å². The first-order valence-electron chi connectivity index (χ1n) is 6.12. The van der Waals surface area contributed by atoms with Crippen LogP contribution in [0.1, 0.15) is 48.8 Å². The SMILES string of the molecule is Cc1ccoc1C(N)Cc1nc(C(C)(C)C)cs1. The maximum atomic E-state index is 6.16. The smallest absolute Gasteiger partial charge is 0.123 e. The van der Waals surface area contributed by atoms with Gasteiger partial charge in [-0.1, -0.05) is 20.8 Å². The molecule has 3 nitrogen and oxygen atoms in total. The van der Waals surface area contributed by atoms with Gasteiger partial charge in [-0.3, -0.25) is 0 Å². The molecule has 2 aromatic rings. The van der Waals surface area contributed by atoms with Crippen LogP contribution in [0, 0.1) is 6.92 Å². The van der Waals surface area contributed by atoms with Crippen molar-refractivity contribution in [2.45, 2.75) is 45.6 Å². The highest BCUT2D eigenvalue weighted by molar-refractivity contribution is 7.09. The lowest BCUT2D eigenvalue weighted by atomic mass is 9.93. The average molecular weight is 264 g/mol. The fraction of sp³-hybridized carbons (Fsp3) is 0.500. The molecule has 0 saturated heterocycles. The summed E-state index contributed by atoms with van der Waals surface area (Å²) >= 11 is 1.68. The minimum atomic E-state index is -0.112. The molecular formula is C14H20N2OS. The number of nitrogens with zero attached hydrogens (tertiary/aromatic N) is 1. The van der Waals surface area contributed by atoms with Crippen LogP contribution in [0.3, 0.4) is 0 Å². The lowest BCUT2D eigenvalue weighted by molar-refractivity contribution is 0.460. The molecule has 2 aromatic heterocycles. The molecule has 0 aliphatic rings. The van der Waals surface area contributed by atoms with Gasteiger partial charge in [-0.15, -0.1) is 11.3 Å². The zero-order chi connectivity index (χ0) is 13.3. The van der Waals surface area contributed by atoms with E-state index in [0.717, 1.165) is 28.4 Å². The number of thiazole rings is 1. The number of hydrogen-bond acceptors (Lipinski definition) is 4. The quantitative estimate of drug-likeness (QED) is 0.921. The first kappa shape index (κ1) is 13.3. The Morgan fingerprint density at radius 2 is 2.17 bits per heavy atom. The Morgan fingerprint density at radius 3 is 2.67 bits per heavy atom. The van der Waals surface area contributed by atoms with Crippen LogP contribution < -0.4 is 5.73 Å². The highest BCUT2D eigenvalue weighted by atomic mass is 32.1. The van der Waals surface area contributed by atoms with Gasteiger partial charge in [0.2, 0.25) is 0 Å². The first-order valence-corrected chi connectivity index (χ1v) is 7.00. The third-order valence-electron chi connectivity index (χ3n) is 2.95. The summed E-state index contributed by atoms with van der Waals surface area (Å²) < 4.78 is 5.42. The minimum absolute atomic E-state index is 0.0967. The summed E-state index contributed by atoms with van der Waals surface area (Å²) in [6.07, 6.45) is 2.42. The number of aromatic nitrogens is 1. The maximum absolute atomic E-state index is 6.16. The molecule has 1 unspecified atom stereocenters. The van der Waals surface area contributed by atoms with E-state index >= 15 is 0 Å². The average Bonchev–Trinajstić information content (AvgIpc) is 2.85. The first-order chi connectivity index (χ1) is 8.38. The Labute approximate surface area is 112 Å². The summed E-state index contributed by atoms with van der Waals surface area (Å²) in [6.45, 7) is 8.52. The number of furan rings is 1. The summed E-state index contributed by atoms with van der Waals surface area (Å²) in [5, 5.41) is 3.19. The summed E-state index contributed by atoms with van der Waals surface area (Å²) in [6, 6.07) is 1.83. The van der Waals surface area contributed by atoms with Crippen molar-refractivity contribution in [1.82, 2.24) is 4.98 Å². The van der Waals surface area contributed by atoms with E-state index in [4.69, 9.17) is 10.2 Å². The van der Waals surface area contributed by atoms with E-state index in [1.165, 1.54) is 0 Å². The van der Waals surface area contributed by atoms with E-state index in [1.54, 1.807) is 17.6 Å². The number of nitrogens with two attached hydrogens (primary N) is 1. The van der Waals surface area contributed by atoms with E-state index in [1.807, 2.05) is 13.0 Å². The predicted molar refractivity (Wildman–Crippen MR) is 74.9 cm³/mol. The van der Waals surface area contributed by atoms with Gasteiger partial charge in [0.05, 0.1) is 23.0 Å². The van der Waals surface area contributed by atoms with Crippen LogP contribution in [0.5, 0.6) is 0 Å². The van der Waals surface area contributed by atoms with Crippen molar-refractivity contribution in [3.05, 3.63) is 39.7 Å². The Morgan fingerprint density at radius 1 is 1.44 bits per heavy atom. The molecule has 0 aromatic carbocycles. The predicted octanol–water partition coefficient (Wildman–Crippen LogP) is 3.58. The van der Waals surface area contributed by atoms with Crippen molar-refractivity contribution in [2.24, 2.45) is 5.73 Å². The molecule has 0 saturated carbocycles. The molecule has 2 N–H and O–H groups in total. The largest absolute Gasteiger partial charge is 0.467 e. The van der Waals surface area contributed by atoms with Crippen LogP contribution in [0.2, 0.25) is 0 Å². The number of hydrogen-bond donors (Lipinski definition) is 1. The van der Waals surface area contributed by atoms with Crippen LogP contribution >= 0.6 is 11.3 Å². The van der Waals surface area contributed by atoms with Gasteiger partial charge in [-0.25, -0.2) is 4.98 Å². The maximum Gasteiger partial charge on any atom is 0.123 e. The lowest BCUT2D eigenvalue weighted by Crippen LogP contribution is -2.15. The van der Waals surface area contributed by atoms with E-state index in [9.17, 15) is 0 Å². The molecule has 0 amide bonds. The fourth-order valence-electron chi connectivity index (χ4n) is 1.79. The zero-order valence-corrected chi connectivity index (χ0v) is 12.2. The summed E-state index contributed by atoms with van der Waals surface area (Å²) in [5.74, 6) is 0.863. The van der Waals surface area contributed by atoms with Crippen molar-refractivity contribution in [3.8, 4) is 0 Å². The summed E-state index contributed by atoms with van der Waals surface area (Å²) in [7, 11) is 0. The highest BCUT2D eigenvalue weighted by Gasteiger charge is 2.19. The van der Waals surface area contributed by atoms with Crippen molar-refractivity contribution >= 4 is 11.3 Å². The zero-order valence-electron chi connectivity index (χ0n) is 11.4. The van der Waals surface area contributed by atoms with Gasteiger partial charge in [-0.2, -0.15) is 0 Å². The van der Waals surface area contributed by atoms with E-state index < -0.39 is 0 Å². The molecule has 2 heterocycles. The number of aryl methyl sites for hydroxylation is 1. The third kappa shape index (κ3) is 2.82. The Hall–Kier alpha value is -1.13. The standard InChI is InChI=1S/C14H20N2OS/c1-9-5-6-17-13(9)10(15)7-12-16-11(8-18-12)14(2,3)4/h5-6,8,10H,7,15H2,1-4H3. The van der Waals surface area contributed by atoms with Gasteiger partial charge in [0.1, 0.15) is 5.76 Å². The van der Waals surface area contributed by atoms with Crippen molar-refractivity contribution < 1.29 is 4.42 Å². The molecule has 0 radical (unpaired) electrons.